The van der Waals surface area contributed by atoms with Crippen LogP contribution in [0.5, 0.6) is 0 Å². The van der Waals surface area contributed by atoms with Crippen LogP contribution in [-0.2, 0) is 4.74 Å². The average molecular weight is 254 g/mol. The van der Waals surface area contributed by atoms with E-state index in [-0.39, 0.29) is 17.7 Å². The molecule has 18 heavy (non-hydrogen) atoms. The maximum atomic E-state index is 7.51. The minimum absolute atomic E-state index is 0.158. The number of amidine groups is 1. The first kappa shape index (κ1) is 16.8. The number of aliphatic imine (C=N–C) groups is 2. The van der Waals surface area contributed by atoms with E-state index in [0.717, 1.165) is 19.4 Å². The molecule has 0 aliphatic carbocycles. The van der Waals surface area contributed by atoms with Crippen LogP contribution in [0.1, 0.15) is 33.6 Å². The van der Waals surface area contributed by atoms with Gasteiger partial charge in [0.05, 0.1) is 6.10 Å². The van der Waals surface area contributed by atoms with Crippen LogP contribution in [0.3, 0.4) is 0 Å². The zero-order chi connectivity index (χ0) is 14.0. The van der Waals surface area contributed by atoms with Crippen LogP contribution in [0.4, 0.5) is 0 Å². The summed E-state index contributed by atoms with van der Waals surface area (Å²) in [5.41, 5.74) is 5.62. The summed E-state index contributed by atoms with van der Waals surface area (Å²) in [7, 11) is 1.56. The molecule has 0 aromatic rings. The van der Waals surface area contributed by atoms with Crippen LogP contribution in [0.15, 0.2) is 9.98 Å². The molecule has 2 unspecified atom stereocenters. The van der Waals surface area contributed by atoms with E-state index in [0.29, 0.717) is 12.5 Å². The summed E-state index contributed by atoms with van der Waals surface area (Å²) in [6.07, 6.45) is 3.63. The van der Waals surface area contributed by atoms with Gasteiger partial charge in [-0.1, -0.05) is 20.3 Å². The third-order valence-corrected chi connectivity index (χ3v) is 2.76. The van der Waals surface area contributed by atoms with Gasteiger partial charge in [0.15, 0.2) is 0 Å². The summed E-state index contributed by atoms with van der Waals surface area (Å²) in [6, 6.07) is 0. The molecule has 0 fully saturated rings. The summed E-state index contributed by atoms with van der Waals surface area (Å²) in [5, 5.41) is 7.51. The highest BCUT2D eigenvalue weighted by Crippen LogP contribution is 2.05. The van der Waals surface area contributed by atoms with Crippen molar-refractivity contribution in [2.24, 2.45) is 21.6 Å². The fraction of sp³-hybridized carbons (Fsp3) is 0.769. The fourth-order valence-corrected chi connectivity index (χ4v) is 1.13. The normalized spacial score (nSPS) is 15.9. The summed E-state index contributed by atoms with van der Waals surface area (Å²) < 4.78 is 5.69. The summed E-state index contributed by atoms with van der Waals surface area (Å²) in [5.74, 6) is 0.810. The number of nitrogens with one attached hydrogen (secondary N) is 1. The maximum Gasteiger partial charge on any atom is 0.145 e. The third-order valence-electron chi connectivity index (χ3n) is 2.76. The van der Waals surface area contributed by atoms with Crippen molar-refractivity contribution in [3.8, 4) is 0 Å². The number of ether oxygens (including phenoxy) is 1. The molecule has 0 aliphatic heterocycles. The Hall–Kier alpha value is -1.23. The van der Waals surface area contributed by atoms with E-state index >= 15 is 0 Å². The molecule has 3 N–H and O–H groups in total. The Morgan fingerprint density at radius 3 is 2.67 bits per heavy atom. The molecular formula is C13H26N4O. The van der Waals surface area contributed by atoms with Gasteiger partial charge in [0.1, 0.15) is 11.5 Å². The highest BCUT2D eigenvalue weighted by Gasteiger charge is 2.04. The first-order chi connectivity index (χ1) is 8.51. The number of hydrogen-bond donors (Lipinski definition) is 2. The van der Waals surface area contributed by atoms with Crippen LogP contribution in [-0.4, -0.2) is 44.1 Å². The maximum absolute atomic E-state index is 7.51. The van der Waals surface area contributed by atoms with Crippen molar-refractivity contribution >= 4 is 17.8 Å². The molecule has 5 nitrogen and oxygen atoms in total. The Bertz CT molecular complexity index is 299. The van der Waals surface area contributed by atoms with Crippen molar-refractivity contribution in [3.05, 3.63) is 0 Å². The topological polar surface area (TPSA) is 83.8 Å². The first-order valence-electron chi connectivity index (χ1n) is 6.43. The molecule has 0 aliphatic rings. The number of nitrogens with zero attached hydrogens (tertiary/aromatic N) is 2. The second-order valence-corrected chi connectivity index (χ2v) is 4.50. The quantitative estimate of drug-likeness (QED) is 0.486. The minimum atomic E-state index is 0.158. The zero-order valence-electron chi connectivity index (χ0n) is 11.9. The molecule has 2 atom stereocenters. The highest BCUT2D eigenvalue weighted by atomic mass is 16.5. The Morgan fingerprint density at radius 1 is 1.44 bits per heavy atom. The minimum Gasteiger partial charge on any atom is -0.382 e. The van der Waals surface area contributed by atoms with Gasteiger partial charge in [-0.05, 0) is 19.3 Å². The Labute approximate surface area is 110 Å². The highest BCUT2D eigenvalue weighted by molar-refractivity contribution is 6.60. The van der Waals surface area contributed by atoms with Crippen LogP contribution >= 0.6 is 0 Å². The molecule has 104 valence electrons. The third kappa shape index (κ3) is 7.95. The molecule has 0 amide bonds. The van der Waals surface area contributed by atoms with Gasteiger partial charge in [0, 0.05) is 26.4 Å². The SMILES string of the molecule is CCC(C)COC(C)CCN=CC(=N)C(N)=NC. The van der Waals surface area contributed by atoms with Crippen molar-refractivity contribution in [2.45, 2.75) is 39.7 Å². The summed E-state index contributed by atoms with van der Waals surface area (Å²) in [4.78, 5) is 7.85. The Balaban J connectivity index is 3.77. The number of rotatable bonds is 9. The molecule has 0 heterocycles. The van der Waals surface area contributed by atoms with E-state index in [4.69, 9.17) is 15.9 Å². The van der Waals surface area contributed by atoms with Crippen molar-refractivity contribution in [3.63, 3.8) is 0 Å². The van der Waals surface area contributed by atoms with Gasteiger partial charge in [-0.2, -0.15) is 0 Å². The smallest absolute Gasteiger partial charge is 0.145 e. The van der Waals surface area contributed by atoms with E-state index in [9.17, 15) is 0 Å². The Morgan fingerprint density at radius 2 is 2.11 bits per heavy atom. The van der Waals surface area contributed by atoms with Gasteiger partial charge in [-0.3, -0.25) is 15.4 Å². The Kier molecular flexibility index (Phi) is 9.10. The lowest BCUT2D eigenvalue weighted by Crippen LogP contribution is -2.24. The fourth-order valence-electron chi connectivity index (χ4n) is 1.13. The van der Waals surface area contributed by atoms with Gasteiger partial charge in [-0.25, -0.2) is 0 Å². The predicted molar refractivity (Wildman–Crippen MR) is 78.1 cm³/mol. The van der Waals surface area contributed by atoms with Crippen LogP contribution < -0.4 is 5.73 Å². The lowest BCUT2D eigenvalue weighted by atomic mass is 10.1. The van der Waals surface area contributed by atoms with Gasteiger partial charge < -0.3 is 10.5 Å². The number of hydrogen-bond acceptors (Lipinski definition) is 4. The van der Waals surface area contributed by atoms with Crippen molar-refractivity contribution in [2.75, 3.05) is 20.2 Å². The second kappa shape index (κ2) is 9.76. The van der Waals surface area contributed by atoms with Gasteiger partial charge in [0.2, 0.25) is 0 Å². The number of nitrogens with two attached hydrogens (primary N) is 1. The van der Waals surface area contributed by atoms with Crippen LogP contribution in [0.25, 0.3) is 0 Å². The van der Waals surface area contributed by atoms with E-state index in [1.165, 1.54) is 6.21 Å². The average Bonchev–Trinajstić information content (AvgIpc) is 2.39. The second-order valence-electron chi connectivity index (χ2n) is 4.50. The van der Waals surface area contributed by atoms with Crippen molar-refractivity contribution in [1.82, 2.24) is 0 Å². The van der Waals surface area contributed by atoms with Gasteiger partial charge in [0.25, 0.3) is 0 Å². The predicted octanol–water partition coefficient (Wildman–Crippen LogP) is 1.91. The van der Waals surface area contributed by atoms with E-state index in [1.54, 1.807) is 7.05 Å². The molecule has 0 saturated heterocycles. The van der Waals surface area contributed by atoms with Crippen molar-refractivity contribution < 1.29 is 4.74 Å². The van der Waals surface area contributed by atoms with Crippen LogP contribution in [0, 0.1) is 11.3 Å². The molecular weight excluding hydrogens is 228 g/mol. The van der Waals surface area contributed by atoms with Crippen molar-refractivity contribution in [1.29, 1.82) is 5.41 Å². The van der Waals surface area contributed by atoms with E-state index in [2.05, 4.69) is 23.8 Å². The van der Waals surface area contributed by atoms with Gasteiger partial charge >= 0.3 is 0 Å². The molecule has 0 saturated carbocycles. The zero-order valence-corrected chi connectivity index (χ0v) is 11.9. The molecule has 0 radical (unpaired) electrons. The van der Waals surface area contributed by atoms with E-state index in [1.807, 2.05) is 6.92 Å². The molecule has 0 rings (SSSR count). The summed E-state index contributed by atoms with van der Waals surface area (Å²) >= 11 is 0. The first-order valence-corrected chi connectivity index (χ1v) is 6.43. The molecule has 5 heteroatoms. The summed E-state index contributed by atoms with van der Waals surface area (Å²) in [6.45, 7) is 7.83. The molecule has 0 aromatic heterocycles. The molecule has 0 aromatic carbocycles. The lowest BCUT2D eigenvalue weighted by molar-refractivity contribution is 0.0398. The largest absolute Gasteiger partial charge is 0.382 e. The van der Waals surface area contributed by atoms with E-state index < -0.39 is 0 Å². The van der Waals surface area contributed by atoms with Gasteiger partial charge in [-0.15, -0.1) is 0 Å². The standard InChI is InChI=1S/C13H26N4O/c1-5-10(2)9-18-11(3)6-7-17-8-12(14)13(15)16-4/h8,10-11,14H,5-7,9H2,1-4H3,(H2,15,16). The monoisotopic (exact) mass is 254 g/mol. The molecule has 0 bridgehead atoms. The lowest BCUT2D eigenvalue weighted by Gasteiger charge is -2.15. The van der Waals surface area contributed by atoms with Crippen LogP contribution in [0.2, 0.25) is 0 Å². The molecule has 0 spiro atoms.